The molecule has 7 nitrogen and oxygen atoms in total. The van der Waals surface area contributed by atoms with Crippen molar-refractivity contribution in [3.8, 4) is 0 Å². The van der Waals surface area contributed by atoms with E-state index in [1.165, 1.54) is 17.0 Å². The number of hydrogen-bond acceptors (Lipinski definition) is 4. The molecule has 3 aromatic rings. The molecule has 0 saturated carbocycles. The zero-order valence-corrected chi connectivity index (χ0v) is 24.1. The summed E-state index contributed by atoms with van der Waals surface area (Å²) in [5.41, 5.74) is 2.51. The van der Waals surface area contributed by atoms with Crippen molar-refractivity contribution in [3.63, 3.8) is 0 Å². The van der Waals surface area contributed by atoms with Gasteiger partial charge in [0.15, 0.2) is 0 Å². The van der Waals surface area contributed by atoms with Gasteiger partial charge in [-0.05, 0) is 81.3 Å². The molecule has 202 valence electrons. The maximum absolute atomic E-state index is 13.9. The van der Waals surface area contributed by atoms with Crippen LogP contribution in [-0.4, -0.2) is 44.3 Å². The molecule has 0 bridgehead atoms. The Morgan fingerprint density at radius 1 is 0.947 bits per heavy atom. The third-order valence-corrected chi connectivity index (χ3v) is 8.32. The third kappa shape index (κ3) is 7.07. The first-order valence-corrected chi connectivity index (χ1v) is 14.3. The second-order valence-electron chi connectivity index (χ2n) is 8.98. The van der Waals surface area contributed by atoms with E-state index in [1.54, 1.807) is 75.4 Å². The van der Waals surface area contributed by atoms with E-state index in [4.69, 9.17) is 23.2 Å². The lowest BCUT2D eigenvalue weighted by atomic mass is 10.1. The number of carbonyl (C=O) groups excluding carboxylic acids is 2. The SMILES string of the molecule is CCNC(=O)[C@H](C)N(Cc1cccc(Cl)c1)C(=O)CN(c1ccc(Cl)cc1C)S(=O)(=O)c1ccc(C)cc1. The Labute approximate surface area is 234 Å². The van der Waals surface area contributed by atoms with Crippen LogP contribution in [0.5, 0.6) is 0 Å². The lowest BCUT2D eigenvalue weighted by Crippen LogP contribution is -2.51. The number of likely N-dealkylation sites (N-methyl/N-ethyl adjacent to an activating group) is 1. The van der Waals surface area contributed by atoms with E-state index in [0.29, 0.717) is 33.4 Å². The second kappa shape index (κ2) is 12.7. The molecule has 3 aromatic carbocycles. The average molecular weight is 577 g/mol. The summed E-state index contributed by atoms with van der Waals surface area (Å²) in [6.07, 6.45) is 0. The van der Waals surface area contributed by atoms with Crippen LogP contribution in [0.15, 0.2) is 71.6 Å². The molecule has 0 aliphatic carbocycles. The summed E-state index contributed by atoms with van der Waals surface area (Å²) < 4.78 is 28.8. The number of nitrogens with one attached hydrogen (secondary N) is 1. The molecule has 0 unspecified atom stereocenters. The molecule has 1 atom stereocenters. The molecule has 0 aromatic heterocycles. The largest absolute Gasteiger partial charge is 0.355 e. The molecule has 1 N–H and O–H groups in total. The van der Waals surface area contributed by atoms with E-state index < -0.39 is 28.5 Å². The third-order valence-electron chi connectivity index (χ3n) is 6.08. The van der Waals surface area contributed by atoms with Crippen molar-refractivity contribution in [2.24, 2.45) is 0 Å². The van der Waals surface area contributed by atoms with E-state index in [1.807, 2.05) is 6.92 Å². The van der Waals surface area contributed by atoms with Crippen LogP contribution in [-0.2, 0) is 26.2 Å². The molecule has 3 rings (SSSR count). The highest BCUT2D eigenvalue weighted by atomic mass is 35.5. The topological polar surface area (TPSA) is 86.8 Å². The van der Waals surface area contributed by atoms with Crippen molar-refractivity contribution in [2.45, 2.75) is 45.2 Å². The summed E-state index contributed by atoms with van der Waals surface area (Å²) in [6, 6.07) is 17.3. The highest BCUT2D eigenvalue weighted by Crippen LogP contribution is 2.29. The van der Waals surface area contributed by atoms with Crippen LogP contribution in [0.2, 0.25) is 10.0 Å². The normalized spacial score (nSPS) is 12.1. The van der Waals surface area contributed by atoms with Gasteiger partial charge >= 0.3 is 0 Å². The van der Waals surface area contributed by atoms with Gasteiger partial charge < -0.3 is 10.2 Å². The predicted octanol–water partition coefficient (Wildman–Crippen LogP) is 5.36. The summed E-state index contributed by atoms with van der Waals surface area (Å²) >= 11 is 12.3. The Bertz CT molecular complexity index is 1410. The molecule has 0 radical (unpaired) electrons. The molecule has 0 heterocycles. The first-order chi connectivity index (χ1) is 17.9. The molecule has 10 heteroatoms. The summed E-state index contributed by atoms with van der Waals surface area (Å²) in [4.78, 5) is 28.0. The first kappa shape index (κ1) is 29.5. The summed E-state index contributed by atoms with van der Waals surface area (Å²) in [5.74, 6) is -0.896. The van der Waals surface area contributed by atoms with Crippen LogP contribution in [0.25, 0.3) is 0 Å². The maximum atomic E-state index is 13.9. The predicted molar refractivity (Wildman–Crippen MR) is 152 cm³/mol. The first-order valence-electron chi connectivity index (χ1n) is 12.1. The van der Waals surface area contributed by atoms with Crippen LogP contribution in [0.1, 0.15) is 30.5 Å². The van der Waals surface area contributed by atoms with E-state index in [-0.39, 0.29) is 17.3 Å². The number of halogens is 2. The summed E-state index contributed by atoms with van der Waals surface area (Å²) in [6.45, 7) is 6.91. The van der Waals surface area contributed by atoms with Crippen molar-refractivity contribution < 1.29 is 18.0 Å². The zero-order chi connectivity index (χ0) is 28.0. The number of benzene rings is 3. The van der Waals surface area contributed by atoms with Gasteiger partial charge in [-0.3, -0.25) is 13.9 Å². The number of rotatable bonds is 10. The Hall–Kier alpha value is -3.07. The van der Waals surface area contributed by atoms with E-state index in [0.717, 1.165) is 9.87 Å². The van der Waals surface area contributed by atoms with Crippen molar-refractivity contribution in [1.82, 2.24) is 10.2 Å². The van der Waals surface area contributed by atoms with Crippen LogP contribution < -0.4 is 9.62 Å². The number of carbonyl (C=O) groups is 2. The van der Waals surface area contributed by atoms with Crippen LogP contribution >= 0.6 is 23.2 Å². The van der Waals surface area contributed by atoms with Gasteiger partial charge in [0.25, 0.3) is 10.0 Å². The standard InChI is InChI=1S/C28H31Cl2N3O4S/c1-5-31-28(35)21(4)32(17-22-7-6-8-23(29)16-22)27(34)18-33(26-14-11-24(30)15-20(26)3)38(36,37)25-12-9-19(2)10-13-25/h6-16,21H,5,17-18H2,1-4H3,(H,31,35)/t21-/m0/s1. The Morgan fingerprint density at radius 3 is 2.21 bits per heavy atom. The fourth-order valence-electron chi connectivity index (χ4n) is 3.99. The Balaban J connectivity index is 2.07. The molecule has 2 amide bonds. The van der Waals surface area contributed by atoms with Gasteiger partial charge in [-0.25, -0.2) is 8.42 Å². The van der Waals surface area contributed by atoms with E-state index in [9.17, 15) is 18.0 Å². The number of anilines is 1. The highest BCUT2D eigenvalue weighted by molar-refractivity contribution is 7.92. The van der Waals surface area contributed by atoms with Crippen LogP contribution in [0.4, 0.5) is 5.69 Å². The zero-order valence-electron chi connectivity index (χ0n) is 21.7. The number of nitrogens with zero attached hydrogens (tertiary/aromatic N) is 2. The van der Waals surface area contributed by atoms with E-state index in [2.05, 4.69) is 5.32 Å². The minimum Gasteiger partial charge on any atom is -0.355 e. The molecule has 38 heavy (non-hydrogen) atoms. The van der Waals surface area contributed by atoms with Gasteiger partial charge in [0, 0.05) is 23.1 Å². The van der Waals surface area contributed by atoms with Crippen molar-refractivity contribution in [2.75, 3.05) is 17.4 Å². The van der Waals surface area contributed by atoms with Gasteiger partial charge in [-0.1, -0.05) is 53.0 Å². The number of sulfonamides is 1. The van der Waals surface area contributed by atoms with Gasteiger partial charge in [0.2, 0.25) is 11.8 Å². The minimum absolute atomic E-state index is 0.0448. The minimum atomic E-state index is -4.15. The van der Waals surface area contributed by atoms with Gasteiger partial charge in [-0.2, -0.15) is 0 Å². The molecule has 0 aliphatic rings. The molecule has 0 fully saturated rings. The number of hydrogen-bond donors (Lipinski definition) is 1. The lowest BCUT2D eigenvalue weighted by molar-refractivity contribution is -0.139. The Morgan fingerprint density at radius 2 is 1.61 bits per heavy atom. The molecule has 0 aliphatic heterocycles. The van der Waals surface area contributed by atoms with Gasteiger partial charge in [-0.15, -0.1) is 0 Å². The lowest BCUT2D eigenvalue weighted by Gasteiger charge is -2.32. The maximum Gasteiger partial charge on any atom is 0.264 e. The quantitative estimate of drug-likeness (QED) is 0.352. The highest BCUT2D eigenvalue weighted by Gasteiger charge is 2.33. The van der Waals surface area contributed by atoms with Crippen LogP contribution in [0, 0.1) is 13.8 Å². The van der Waals surface area contributed by atoms with Crippen molar-refractivity contribution >= 4 is 50.7 Å². The average Bonchev–Trinajstić information content (AvgIpc) is 2.86. The molecular formula is C28H31Cl2N3O4S. The fraction of sp³-hybridized carbons (Fsp3) is 0.286. The molecular weight excluding hydrogens is 545 g/mol. The molecule has 0 saturated heterocycles. The second-order valence-corrected chi connectivity index (χ2v) is 11.7. The van der Waals surface area contributed by atoms with Crippen molar-refractivity contribution in [1.29, 1.82) is 0 Å². The van der Waals surface area contributed by atoms with Gasteiger partial charge in [0.1, 0.15) is 12.6 Å². The van der Waals surface area contributed by atoms with Gasteiger partial charge in [0.05, 0.1) is 10.6 Å². The smallest absolute Gasteiger partial charge is 0.264 e. The molecule has 0 spiro atoms. The Kier molecular flexibility index (Phi) is 9.82. The summed E-state index contributed by atoms with van der Waals surface area (Å²) in [5, 5.41) is 3.66. The van der Waals surface area contributed by atoms with E-state index >= 15 is 0 Å². The number of aryl methyl sites for hydroxylation is 2. The van der Waals surface area contributed by atoms with Crippen molar-refractivity contribution in [3.05, 3.63) is 93.5 Å². The van der Waals surface area contributed by atoms with Crippen LogP contribution in [0.3, 0.4) is 0 Å². The summed E-state index contributed by atoms with van der Waals surface area (Å²) in [7, 11) is -4.15. The number of amides is 2. The monoisotopic (exact) mass is 575 g/mol. The fourth-order valence-corrected chi connectivity index (χ4v) is 5.90.